The monoisotopic (exact) mass is 514 g/mol. The van der Waals surface area contributed by atoms with Crippen molar-refractivity contribution in [3.8, 4) is 22.6 Å². The molecule has 2 nitrogen and oxygen atoms in total. The Bertz CT molecular complexity index is 2160. The summed E-state index contributed by atoms with van der Waals surface area (Å²) in [6.07, 6.45) is 0. The fourth-order valence-corrected chi connectivity index (χ4v) is 6.98. The first kappa shape index (κ1) is 22.9. The third-order valence-corrected chi connectivity index (χ3v) is 8.75. The standard InChI is InChI=1S/C38H26O2/c1-23-16-32(40)19-28-11-14-30(22-34(23)28)38(29-13-10-27-18-31(39)15-12-26(27)17-29)36-9-5-4-8-33(36)35-20-24-6-2-3-7-25(24)21-37(35)38/h2-22,39-40H,1H3. The van der Waals surface area contributed by atoms with Crippen LogP contribution in [0.25, 0.3) is 43.4 Å². The van der Waals surface area contributed by atoms with Crippen molar-refractivity contribution < 1.29 is 10.2 Å². The van der Waals surface area contributed by atoms with E-state index >= 15 is 0 Å². The Labute approximate surface area is 232 Å². The molecule has 0 radical (unpaired) electrons. The smallest absolute Gasteiger partial charge is 0.116 e. The predicted octanol–water partition coefficient (Wildman–Crippen LogP) is 9.23. The van der Waals surface area contributed by atoms with Gasteiger partial charge in [-0.05, 0) is 127 Å². The molecule has 0 fully saturated rings. The van der Waals surface area contributed by atoms with Crippen LogP contribution in [-0.2, 0) is 5.41 Å². The normalized spacial score (nSPS) is 15.9. The topological polar surface area (TPSA) is 40.5 Å². The maximum atomic E-state index is 10.3. The second-order valence-corrected chi connectivity index (χ2v) is 11.0. The Morgan fingerprint density at radius 3 is 1.93 bits per heavy atom. The van der Waals surface area contributed by atoms with Crippen molar-refractivity contribution in [1.82, 2.24) is 0 Å². The minimum Gasteiger partial charge on any atom is -0.508 e. The quantitative estimate of drug-likeness (QED) is 0.241. The van der Waals surface area contributed by atoms with E-state index in [2.05, 4.69) is 104 Å². The van der Waals surface area contributed by atoms with Gasteiger partial charge in [0.05, 0.1) is 5.41 Å². The van der Waals surface area contributed by atoms with Crippen LogP contribution in [0.4, 0.5) is 0 Å². The van der Waals surface area contributed by atoms with Crippen LogP contribution in [0.15, 0.2) is 127 Å². The van der Waals surface area contributed by atoms with E-state index < -0.39 is 5.41 Å². The van der Waals surface area contributed by atoms with E-state index in [-0.39, 0.29) is 11.5 Å². The molecule has 40 heavy (non-hydrogen) atoms. The van der Waals surface area contributed by atoms with Gasteiger partial charge >= 0.3 is 0 Å². The van der Waals surface area contributed by atoms with Gasteiger partial charge in [-0.25, -0.2) is 0 Å². The van der Waals surface area contributed by atoms with Gasteiger partial charge in [0.25, 0.3) is 0 Å². The van der Waals surface area contributed by atoms with Crippen LogP contribution in [0.5, 0.6) is 11.5 Å². The summed E-state index contributed by atoms with van der Waals surface area (Å²) in [7, 11) is 0. The third kappa shape index (κ3) is 3.11. The molecule has 7 aromatic carbocycles. The Balaban J connectivity index is 1.55. The zero-order chi connectivity index (χ0) is 27.0. The third-order valence-electron chi connectivity index (χ3n) is 8.75. The van der Waals surface area contributed by atoms with E-state index in [0.29, 0.717) is 0 Å². The van der Waals surface area contributed by atoms with Crippen molar-refractivity contribution in [2.75, 3.05) is 0 Å². The van der Waals surface area contributed by atoms with Crippen LogP contribution >= 0.6 is 0 Å². The molecular weight excluding hydrogens is 488 g/mol. The van der Waals surface area contributed by atoms with Crippen molar-refractivity contribution >= 4 is 32.3 Å². The van der Waals surface area contributed by atoms with Gasteiger partial charge in [-0.3, -0.25) is 0 Å². The van der Waals surface area contributed by atoms with Gasteiger partial charge in [-0.2, -0.15) is 0 Å². The fraction of sp³-hybridized carbons (Fsp3) is 0.0526. The highest BCUT2D eigenvalue weighted by Crippen LogP contribution is 2.57. The summed E-state index contributed by atoms with van der Waals surface area (Å²) in [5, 5.41) is 27.1. The molecule has 2 N–H and O–H groups in total. The van der Waals surface area contributed by atoms with Crippen LogP contribution in [0.1, 0.15) is 27.8 Å². The summed E-state index contributed by atoms with van der Waals surface area (Å²) in [6, 6.07) is 44.6. The largest absolute Gasteiger partial charge is 0.508 e. The van der Waals surface area contributed by atoms with Crippen molar-refractivity contribution in [3.05, 3.63) is 155 Å². The summed E-state index contributed by atoms with van der Waals surface area (Å²) in [5.41, 5.74) is 7.89. The number of phenolic OH excluding ortho intramolecular Hbond substituents is 2. The molecule has 0 saturated heterocycles. The lowest BCUT2D eigenvalue weighted by molar-refractivity contribution is 0.475. The van der Waals surface area contributed by atoms with Gasteiger partial charge in [0, 0.05) is 0 Å². The molecule has 0 bridgehead atoms. The number of aromatic hydroxyl groups is 2. The van der Waals surface area contributed by atoms with Crippen LogP contribution < -0.4 is 0 Å². The zero-order valence-corrected chi connectivity index (χ0v) is 22.0. The Morgan fingerprint density at radius 2 is 1.07 bits per heavy atom. The maximum Gasteiger partial charge on any atom is 0.116 e. The van der Waals surface area contributed by atoms with Gasteiger partial charge in [-0.15, -0.1) is 0 Å². The fourth-order valence-electron chi connectivity index (χ4n) is 6.98. The molecule has 7 aromatic rings. The van der Waals surface area contributed by atoms with E-state index in [4.69, 9.17) is 0 Å². The van der Waals surface area contributed by atoms with Gasteiger partial charge < -0.3 is 10.2 Å². The molecule has 1 aliphatic carbocycles. The first-order valence-electron chi connectivity index (χ1n) is 13.6. The molecule has 0 spiro atoms. The molecule has 1 atom stereocenters. The molecule has 8 rings (SSSR count). The lowest BCUT2D eigenvalue weighted by Gasteiger charge is -2.34. The highest BCUT2D eigenvalue weighted by atomic mass is 16.3. The van der Waals surface area contributed by atoms with Crippen molar-refractivity contribution in [1.29, 1.82) is 0 Å². The van der Waals surface area contributed by atoms with Crippen LogP contribution in [0.3, 0.4) is 0 Å². The molecule has 0 aromatic heterocycles. The Kier molecular flexibility index (Phi) is 4.69. The number of hydrogen-bond acceptors (Lipinski definition) is 2. The molecule has 0 amide bonds. The number of benzene rings is 7. The van der Waals surface area contributed by atoms with E-state index in [1.54, 1.807) is 6.07 Å². The summed E-state index contributed by atoms with van der Waals surface area (Å²) >= 11 is 0. The van der Waals surface area contributed by atoms with Gasteiger partial charge in [0.2, 0.25) is 0 Å². The van der Waals surface area contributed by atoms with Gasteiger partial charge in [0.1, 0.15) is 11.5 Å². The Hall–Kier alpha value is -5.08. The Morgan fingerprint density at radius 1 is 0.450 bits per heavy atom. The average molecular weight is 515 g/mol. The lowest BCUT2D eigenvalue weighted by atomic mass is 9.67. The molecule has 0 aliphatic heterocycles. The highest BCUT2D eigenvalue weighted by Gasteiger charge is 2.46. The highest BCUT2D eigenvalue weighted by molar-refractivity contribution is 5.97. The minimum absolute atomic E-state index is 0.270. The molecule has 2 heteroatoms. The molecule has 1 aliphatic rings. The van der Waals surface area contributed by atoms with E-state index in [1.807, 2.05) is 24.3 Å². The second kappa shape index (κ2) is 8.21. The number of hydrogen-bond donors (Lipinski definition) is 2. The van der Waals surface area contributed by atoms with E-state index in [1.165, 1.54) is 44.2 Å². The first-order valence-corrected chi connectivity index (χ1v) is 13.6. The first-order chi connectivity index (χ1) is 19.5. The minimum atomic E-state index is -0.555. The van der Waals surface area contributed by atoms with Crippen molar-refractivity contribution in [3.63, 3.8) is 0 Å². The van der Waals surface area contributed by atoms with Crippen LogP contribution in [0, 0.1) is 6.92 Å². The van der Waals surface area contributed by atoms with Crippen LogP contribution in [0.2, 0.25) is 0 Å². The maximum absolute atomic E-state index is 10.3. The zero-order valence-electron chi connectivity index (χ0n) is 22.0. The number of rotatable bonds is 2. The van der Waals surface area contributed by atoms with Gasteiger partial charge in [0.15, 0.2) is 0 Å². The predicted molar refractivity (Wildman–Crippen MR) is 164 cm³/mol. The average Bonchev–Trinajstić information content (AvgIpc) is 3.25. The second-order valence-electron chi connectivity index (χ2n) is 11.0. The van der Waals surface area contributed by atoms with Gasteiger partial charge in [-0.1, -0.05) is 78.9 Å². The number of fused-ring (bicyclic) bond motifs is 6. The summed E-state index contributed by atoms with van der Waals surface area (Å²) < 4.78 is 0. The number of phenols is 2. The van der Waals surface area contributed by atoms with E-state index in [9.17, 15) is 10.2 Å². The lowest BCUT2D eigenvalue weighted by Crippen LogP contribution is -2.28. The molecular formula is C38H26O2. The molecule has 1 unspecified atom stereocenters. The summed E-state index contributed by atoms with van der Waals surface area (Å²) in [4.78, 5) is 0. The molecule has 0 heterocycles. The molecule has 190 valence electrons. The van der Waals surface area contributed by atoms with Crippen molar-refractivity contribution in [2.45, 2.75) is 12.3 Å². The summed E-state index contributed by atoms with van der Waals surface area (Å²) in [5.74, 6) is 0.555. The van der Waals surface area contributed by atoms with E-state index in [0.717, 1.165) is 27.1 Å². The molecule has 0 saturated carbocycles. The summed E-state index contributed by atoms with van der Waals surface area (Å²) in [6.45, 7) is 2.06. The SMILES string of the molecule is Cc1cc(O)cc2ccc(C3(c4ccc5cc(O)ccc5c4)c4ccccc4-c4cc5ccccc5cc43)cc12. The van der Waals surface area contributed by atoms with Crippen LogP contribution in [-0.4, -0.2) is 10.2 Å². The van der Waals surface area contributed by atoms with Crippen molar-refractivity contribution in [2.24, 2.45) is 0 Å². The number of aryl methyl sites for hydroxylation is 1.